The Labute approximate surface area is 215 Å². The van der Waals surface area contributed by atoms with Crippen molar-refractivity contribution in [2.45, 2.75) is 112 Å². The topological polar surface area (TPSA) is 112 Å². The van der Waals surface area contributed by atoms with E-state index in [0.717, 1.165) is 24.0 Å². The predicted octanol–water partition coefficient (Wildman–Crippen LogP) is 4.18. The summed E-state index contributed by atoms with van der Waals surface area (Å²) in [5.74, 6) is 0.570. The van der Waals surface area contributed by atoms with Crippen molar-refractivity contribution in [3.8, 4) is 0 Å². The van der Waals surface area contributed by atoms with Gasteiger partial charge in [0.2, 0.25) is 0 Å². The van der Waals surface area contributed by atoms with Crippen LogP contribution < -0.4 is 0 Å². The van der Waals surface area contributed by atoms with Gasteiger partial charge >= 0.3 is 0 Å². The van der Waals surface area contributed by atoms with Crippen molar-refractivity contribution in [3.05, 3.63) is 11.1 Å². The molecule has 0 aromatic rings. The van der Waals surface area contributed by atoms with Gasteiger partial charge in [-0.15, -0.1) is 0 Å². The lowest BCUT2D eigenvalue weighted by molar-refractivity contribution is -0.146. The molecule has 2 unspecified atom stereocenters. The number of hydrogen-bond acceptors (Lipinski definition) is 6. The van der Waals surface area contributed by atoms with Gasteiger partial charge in [-0.1, -0.05) is 41.5 Å². The van der Waals surface area contributed by atoms with Crippen LogP contribution in [0.3, 0.4) is 0 Å². The van der Waals surface area contributed by atoms with Gasteiger partial charge in [0.05, 0.1) is 12.7 Å². The van der Waals surface area contributed by atoms with Crippen LogP contribution in [0.1, 0.15) is 99.8 Å². The van der Waals surface area contributed by atoms with Gasteiger partial charge in [-0.05, 0) is 62.2 Å². The first-order valence-corrected chi connectivity index (χ1v) is 13.8. The summed E-state index contributed by atoms with van der Waals surface area (Å²) in [5, 5.41) is 30.0. The van der Waals surface area contributed by atoms with Crippen LogP contribution in [0.2, 0.25) is 0 Å². The van der Waals surface area contributed by atoms with E-state index in [-0.39, 0.29) is 40.5 Å². The second kappa shape index (κ2) is 8.57. The van der Waals surface area contributed by atoms with E-state index in [4.69, 9.17) is 0 Å². The highest BCUT2D eigenvalue weighted by atomic mass is 16.4. The van der Waals surface area contributed by atoms with Crippen LogP contribution in [0.4, 0.5) is 0 Å². The quantitative estimate of drug-likeness (QED) is 0.502. The average molecular weight is 503 g/mol. The number of carbonyl (C=O) groups is 3. The summed E-state index contributed by atoms with van der Waals surface area (Å²) in [6.07, 6.45) is 3.56. The number of aliphatic hydroxyl groups excluding tert-OH is 2. The predicted molar refractivity (Wildman–Crippen MR) is 137 cm³/mol. The fraction of sp³-hybridized carbons (Fsp3) is 0.833. The highest BCUT2D eigenvalue weighted by molar-refractivity contribution is 6.12. The van der Waals surface area contributed by atoms with Gasteiger partial charge in [0.15, 0.2) is 11.6 Å². The molecule has 0 saturated heterocycles. The summed E-state index contributed by atoms with van der Waals surface area (Å²) in [6.45, 7) is 13.5. The highest BCUT2D eigenvalue weighted by Crippen LogP contribution is 2.70. The fourth-order valence-electron chi connectivity index (χ4n) is 8.96. The zero-order valence-corrected chi connectivity index (χ0v) is 23.2. The van der Waals surface area contributed by atoms with Crippen LogP contribution in [0.25, 0.3) is 0 Å². The lowest BCUT2D eigenvalue weighted by atomic mass is 9.43. The van der Waals surface area contributed by atoms with Crippen molar-refractivity contribution in [1.82, 2.24) is 0 Å². The number of hydrogen-bond donors (Lipinski definition) is 3. The summed E-state index contributed by atoms with van der Waals surface area (Å²) >= 11 is 0. The molecule has 202 valence electrons. The summed E-state index contributed by atoms with van der Waals surface area (Å²) in [5.41, 5.74) is -1.90. The van der Waals surface area contributed by atoms with E-state index >= 15 is 0 Å². The van der Waals surface area contributed by atoms with Gasteiger partial charge in [-0.25, -0.2) is 0 Å². The fourth-order valence-corrected chi connectivity index (χ4v) is 8.96. The van der Waals surface area contributed by atoms with Crippen LogP contribution in [-0.4, -0.2) is 51.0 Å². The molecular weight excluding hydrogens is 456 g/mol. The Balaban J connectivity index is 1.69. The SMILES string of the molecule is C[C@H](CCC(O)C(C)(O)CO)[C@H]1CC[C@@]2(C)C3=C(C(=O)C[C@]12C)[C@@]1(C)CCC(=O)C(C)(C)[C@@H]1CC3=O. The summed E-state index contributed by atoms with van der Waals surface area (Å²) in [7, 11) is 0. The maximum atomic E-state index is 14.0. The molecule has 0 bridgehead atoms. The first-order chi connectivity index (χ1) is 16.5. The number of aliphatic hydroxyl groups is 3. The molecule has 0 heterocycles. The van der Waals surface area contributed by atoms with E-state index in [2.05, 4.69) is 27.7 Å². The Morgan fingerprint density at radius 1 is 1.00 bits per heavy atom. The Bertz CT molecular complexity index is 1010. The number of fused-ring (bicyclic) bond motifs is 4. The third-order valence-corrected chi connectivity index (χ3v) is 11.7. The van der Waals surface area contributed by atoms with Crippen molar-refractivity contribution in [3.63, 3.8) is 0 Å². The molecule has 6 nitrogen and oxygen atoms in total. The monoisotopic (exact) mass is 502 g/mol. The van der Waals surface area contributed by atoms with Gasteiger partial charge in [-0.3, -0.25) is 14.4 Å². The molecule has 0 amide bonds. The minimum atomic E-state index is -1.54. The Kier molecular flexibility index (Phi) is 6.59. The molecule has 8 atom stereocenters. The van der Waals surface area contributed by atoms with Crippen LogP contribution in [0.5, 0.6) is 0 Å². The summed E-state index contributed by atoms with van der Waals surface area (Å²) in [4.78, 5) is 40.7. The van der Waals surface area contributed by atoms with Crippen LogP contribution in [0.15, 0.2) is 11.1 Å². The lowest BCUT2D eigenvalue weighted by Crippen LogP contribution is -2.58. The lowest BCUT2D eigenvalue weighted by Gasteiger charge is -2.59. The first kappa shape index (κ1) is 27.7. The standard InChI is InChI=1S/C30H46O6/c1-17(8-9-23(35)30(7,36)16-31)18-10-13-28(5)25-19(32)14-21-26(2,3)22(34)11-12-27(21,4)24(25)20(33)15-29(18,28)6/h17-18,21,23,31,35-36H,8-16H2,1-7H3/t17-,18-,21+,23?,27+,28+,29-,30?/m1/s1. The molecule has 0 spiro atoms. The van der Waals surface area contributed by atoms with Crippen molar-refractivity contribution < 1.29 is 29.7 Å². The second-order valence-electron chi connectivity index (χ2n) is 14.1. The molecule has 0 aromatic carbocycles. The van der Waals surface area contributed by atoms with Gasteiger partial charge in [0.25, 0.3) is 0 Å². The molecule has 4 aliphatic carbocycles. The van der Waals surface area contributed by atoms with Gasteiger partial charge in [0, 0.05) is 46.7 Å². The second-order valence-corrected chi connectivity index (χ2v) is 14.1. The zero-order chi connectivity index (χ0) is 27.1. The number of Topliss-reactive ketones (excluding diaryl/α,β-unsaturated/α-hetero) is 3. The largest absolute Gasteiger partial charge is 0.393 e. The zero-order valence-electron chi connectivity index (χ0n) is 23.2. The van der Waals surface area contributed by atoms with Crippen molar-refractivity contribution in [2.24, 2.45) is 39.4 Å². The molecule has 0 radical (unpaired) electrons. The smallest absolute Gasteiger partial charge is 0.160 e. The minimum Gasteiger partial charge on any atom is -0.393 e. The van der Waals surface area contributed by atoms with E-state index in [9.17, 15) is 29.7 Å². The molecule has 36 heavy (non-hydrogen) atoms. The Morgan fingerprint density at radius 2 is 1.64 bits per heavy atom. The molecule has 0 aliphatic heterocycles. The van der Waals surface area contributed by atoms with Crippen molar-refractivity contribution in [2.75, 3.05) is 6.61 Å². The maximum absolute atomic E-state index is 14.0. The molecule has 3 N–H and O–H groups in total. The molecule has 4 rings (SSSR count). The third-order valence-electron chi connectivity index (χ3n) is 11.7. The number of allylic oxidation sites excluding steroid dienone is 2. The van der Waals surface area contributed by atoms with Crippen molar-refractivity contribution in [1.29, 1.82) is 0 Å². The average Bonchev–Trinajstić information content (AvgIpc) is 3.06. The Morgan fingerprint density at radius 3 is 2.25 bits per heavy atom. The minimum absolute atomic E-state index is 0.0553. The molecule has 4 aliphatic rings. The molecular formula is C30H46O6. The van der Waals surface area contributed by atoms with Crippen LogP contribution in [0, 0.1) is 39.4 Å². The summed E-state index contributed by atoms with van der Waals surface area (Å²) in [6, 6.07) is 0. The van der Waals surface area contributed by atoms with Gasteiger partial charge < -0.3 is 15.3 Å². The van der Waals surface area contributed by atoms with E-state index in [0.29, 0.717) is 38.5 Å². The number of rotatable bonds is 6. The maximum Gasteiger partial charge on any atom is 0.160 e. The van der Waals surface area contributed by atoms with E-state index < -0.39 is 34.6 Å². The van der Waals surface area contributed by atoms with Crippen molar-refractivity contribution >= 4 is 17.3 Å². The Hall–Kier alpha value is -1.37. The van der Waals surface area contributed by atoms with Gasteiger partial charge in [-0.2, -0.15) is 0 Å². The van der Waals surface area contributed by atoms with Crippen LogP contribution >= 0.6 is 0 Å². The van der Waals surface area contributed by atoms with E-state index in [1.54, 1.807) is 0 Å². The first-order valence-electron chi connectivity index (χ1n) is 13.8. The molecule has 6 heteroatoms. The molecule has 0 aromatic heterocycles. The van der Waals surface area contributed by atoms with Gasteiger partial charge in [0.1, 0.15) is 11.4 Å². The highest BCUT2D eigenvalue weighted by Gasteiger charge is 2.67. The van der Waals surface area contributed by atoms with E-state index in [1.165, 1.54) is 6.92 Å². The molecule has 2 fully saturated rings. The van der Waals surface area contributed by atoms with Crippen LogP contribution in [-0.2, 0) is 14.4 Å². The normalized spacial score (nSPS) is 41.3. The number of ketones is 3. The summed E-state index contributed by atoms with van der Waals surface area (Å²) < 4.78 is 0. The molecule has 2 saturated carbocycles. The van der Waals surface area contributed by atoms with E-state index in [1.807, 2.05) is 13.8 Å². The number of carbonyl (C=O) groups excluding carboxylic acids is 3. The third kappa shape index (κ3) is 3.65.